The highest BCUT2D eigenvalue weighted by Crippen LogP contribution is 2.20. The molecule has 0 saturated heterocycles. The quantitative estimate of drug-likeness (QED) is 0.457. The summed E-state index contributed by atoms with van der Waals surface area (Å²) in [6.45, 7) is 0. The largest absolute Gasteiger partial charge is 0.339 e. The van der Waals surface area contributed by atoms with Crippen LogP contribution in [0.25, 0.3) is 0 Å². The van der Waals surface area contributed by atoms with Gasteiger partial charge in [-0.2, -0.15) is 4.98 Å². The van der Waals surface area contributed by atoms with E-state index in [4.69, 9.17) is 5.84 Å². The van der Waals surface area contributed by atoms with Gasteiger partial charge in [-0.1, -0.05) is 12.1 Å². The van der Waals surface area contributed by atoms with Crippen molar-refractivity contribution in [3.05, 3.63) is 40.1 Å². The van der Waals surface area contributed by atoms with E-state index in [1.54, 1.807) is 12.3 Å². The zero-order valence-corrected chi connectivity index (χ0v) is 10.5. The first kappa shape index (κ1) is 11.1. The molecule has 0 fully saturated rings. The van der Waals surface area contributed by atoms with Gasteiger partial charge in [0.05, 0.1) is 5.69 Å². The standard InChI is InChI=1S/C10H10IN5/c11-7-3-1-2-4-8(7)14-9-5-6-13-10(15-9)16-12/h1-6H,12H2,(H2,13,14,15,16). The van der Waals surface area contributed by atoms with Crippen LogP contribution >= 0.6 is 22.6 Å². The second-order valence-electron chi connectivity index (χ2n) is 3.01. The van der Waals surface area contributed by atoms with Gasteiger partial charge in [-0.3, -0.25) is 5.43 Å². The third-order valence-corrected chi connectivity index (χ3v) is 2.86. The zero-order chi connectivity index (χ0) is 11.4. The summed E-state index contributed by atoms with van der Waals surface area (Å²) in [6.07, 6.45) is 1.64. The summed E-state index contributed by atoms with van der Waals surface area (Å²) >= 11 is 2.26. The first-order valence-electron chi connectivity index (χ1n) is 4.61. The van der Waals surface area contributed by atoms with Gasteiger partial charge in [-0.25, -0.2) is 10.8 Å². The van der Waals surface area contributed by atoms with Gasteiger partial charge in [-0.15, -0.1) is 0 Å². The summed E-state index contributed by atoms with van der Waals surface area (Å²) < 4.78 is 1.13. The maximum Gasteiger partial charge on any atom is 0.239 e. The van der Waals surface area contributed by atoms with E-state index in [0.717, 1.165) is 9.26 Å². The molecule has 16 heavy (non-hydrogen) atoms. The van der Waals surface area contributed by atoms with E-state index in [2.05, 4.69) is 43.3 Å². The zero-order valence-electron chi connectivity index (χ0n) is 8.31. The molecule has 0 unspecified atom stereocenters. The van der Waals surface area contributed by atoms with Crippen LogP contribution in [-0.4, -0.2) is 9.97 Å². The minimum Gasteiger partial charge on any atom is -0.339 e. The highest BCUT2D eigenvalue weighted by Gasteiger charge is 2.01. The lowest BCUT2D eigenvalue weighted by atomic mass is 10.3. The molecular weight excluding hydrogens is 317 g/mol. The minimum atomic E-state index is 0.385. The Morgan fingerprint density at radius 2 is 2.00 bits per heavy atom. The monoisotopic (exact) mass is 327 g/mol. The van der Waals surface area contributed by atoms with Gasteiger partial charge in [0.15, 0.2) is 0 Å². The Hall–Kier alpha value is -1.41. The molecule has 0 radical (unpaired) electrons. The molecule has 1 heterocycles. The minimum absolute atomic E-state index is 0.385. The Morgan fingerprint density at radius 3 is 2.75 bits per heavy atom. The van der Waals surface area contributed by atoms with Crippen LogP contribution in [0.15, 0.2) is 36.5 Å². The number of rotatable bonds is 3. The van der Waals surface area contributed by atoms with Crippen LogP contribution in [0.2, 0.25) is 0 Å². The van der Waals surface area contributed by atoms with Crippen molar-refractivity contribution in [3.63, 3.8) is 0 Å². The summed E-state index contributed by atoms with van der Waals surface area (Å²) in [7, 11) is 0. The van der Waals surface area contributed by atoms with E-state index in [-0.39, 0.29) is 0 Å². The fourth-order valence-electron chi connectivity index (χ4n) is 1.20. The molecule has 2 rings (SSSR count). The molecular formula is C10H10IN5. The topological polar surface area (TPSA) is 75.9 Å². The van der Waals surface area contributed by atoms with Crippen LogP contribution in [0, 0.1) is 3.57 Å². The van der Waals surface area contributed by atoms with E-state index in [9.17, 15) is 0 Å². The second-order valence-corrected chi connectivity index (χ2v) is 4.18. The Labute approximate surface area is 107 Å². The molecule has 0 bridgehead atoms. The van der Waals surface area contributed by atoms with Crippen molar-refractivity contribution in [2.75, 3.05) is 10.7 Å². The fourth-order valence-corrected chi connectivity index (χ4v) is 1.72. The van der Waals surface area contributed by atoms with Crippen molar-refractivity contribution in [2.45, 2.75) is 0 Å². The maximum absolute atomic E-state index is 5.24. The number of nitrogen functional groups attached to an aromatic ring is 1. The lowest BCUT2D eigenvalue weighted by Crippen LogP contribution is -2.10. The van der Waals surface area contributed by atoms with Crippen LogP contribution in [0.3, 0.4) is 0 Å². The molecule has 6 heteroatoms. The molecule has 0 spiro atoms. The fraction of sp³-hybridized carbons (Fsp3) is 0. The Kier molecular flexibility index (Phi) is 3.52. The summed E-state index contributed by atoms with van der Waals surface area (Å²) in [5.41, 5.74) is 3.41. The van der Waals surface area contributed by atoms with Crippen molar-refractivity contribution < 1.29 is 0 Å². The van der Waals surface area contributed by atoms with Crippen LogP contribution < -0.4 is 16.6 Å². The third-order valence-electron chi connectivity index (χ3n) is 1.92. The molecule has 1 aromatic carbocycles. The smallest absolute Gasteiger partial charge is 0.239 e. The highest BCUT2D eigenvalue weighted by molar-refractivity contribution is 14.1. The number of hydrogen-bond acceptors (Lipinski definition) is 5. The number of para-hydroxylation sites is 1. The molecule has 82 valence electrons. The first-order chi connectivity index (χ1) is 7.79. The van der Waals surface area contributed by atoms with Crippen LogP contribution in [0.5, 0.6) is 0 Å². The van der Waals surface area contributed by atoms with Crippen molar-refractivity contribution in [2.24, 2.45) is 5.84 Å². The van der Waals surface area contributed by atoms with Crippen molar-refractivity contribution in [1.82, 2.24) is 9.97 Å². The molecule has 0 amide bonds. The number of nitrogens with zero attached hydrogens (tertiary/aromatic N) is 2. The average Bonchev–Trinajstić information content (AvgIpc) is 2.32. The molecule has 2 aromatic rings. The molecule has 0 saturated carbocycles. The van der Waals surface area contributed by atoms with Gasteiger partial charge >= 0.3 is 0 Å². The average molecular weight is 327 g/mol. The Morgan fingerprint density at radius 1 is 1.19 bits per heavy atom. The van der Waals surface area contributed by atoms with E-state index in [0.29, 0.717) is 11.8 Å². The predicted octanol–water partition coefficient (Wildman–Crippen LogP) is 2.11. The van der Waals surface area contributed by atoms with E-state index >= 15 is 0 Å². The Bertz CT molecular complexity index is 488. The summed E-state index contributed by atoms with van der Waals surface area (Å²) in [6, 6.07) is 9.74. The van der Waals surface area contributed by atoms with Gasteiger partial charge < -0.3 is 5.32 Å². The number of hydrogen-bond donors (Lipinski definition) is 3. The number of nitrogens with two attached hydrogens (primary N) is 1. The molecule has 0 aliphatic rings. The highest BCUT2D eigenvalue weighted by atomic mass is 127. The van der Waals surface area contributed by atoms with Crippen molar-refractivity contribution in [1.29, 1.82) is 0 Å². The maximum atomic E-state index is 5.24. The molecule has 4 N–H and O–H groups in total. The van der Waals surface area contributed by atoms with Gasteiger partial charge in [0.1, 0.15) is 5.82 Å². The predicted molar refractivity (Wildman–Crippen MR) is 72.3 cm³/mol. The van der Waals surface area contributed by atoms with Crippen LogP contribution in [-0.2, 0) is 0 Å². The Balaban J connectivity index is 2.24. The van der Waals surface area contributed by atoms with Gasteiger partial charge in [0.25, 0.3) is 0 Å². The van der Waals surface area contributed by atoms with E-state index in [1.807, 2.05) is 24.3 Å². The number of nitrogens with one attached hydrogen (secondary N) is 2. The first-order valence-corrected chi connectivity index (χ1v) is 5.68. The van der Waals surface area contributed by atoms with Crippen LogP contribution in [0.1, 0.15) is 0 Å². The van der Waals surface area contributed by atoms with Gasteiger partial charge in [-0.05, 0) is 40.8 Å². The number of anilines is 3. The normalized spacial score (nSPS) is 9.88. The molecule has 0 aliphatic heterocycles. The molecule has 5 nitrogen and oxygen atoms in total. The van der Waals surface area contributed by atoms with Crippen molar-refractivity contribution in [3.8, 4) is 0 Å². The molecule has 0 atom stereocenters. The van der Waals surface area contributed by atoms with Gasteiger partial charge in [0, 0.05) is 9.77 Å². The number of aromatic nitrogens is 2. The van der Waals surface area contributed by atoms with E-state index < -0.39 is 0 Å². The number of hydrazine groups is 1. The lowest BCUT2D eigenvalue weighted by molar-refractivity contribution is 1.12. The third kappa shape index (κ3) is 2.58. The number of halogens is 1. The molecule has 0 aliphatic carbocycles. The lowest BCUT2D eigenvalue weighted by Gasteiger charge is -2.07. The second kappa shape index (κ2) is 5.08. The van der Waals surface area contributed by atoms with Crippen LogP contribution in [0.4, 0.5) is 17.5 Å². The summed E-state index contributed by atoms with van der Waals surface area (Å²) in [5.74, 6) is 6.32. The van der Waals surface area contributed by atoms with Gasteiger partial charge in [0.2, 0.25) is 5.95 Å². The summed E-state index contributed by atoms with van der Waals surface area (Å²) in [5, 5.41) is 3.19. The summed E-state index contributed by atoms with van der Waals surface area (Å²) in [4.78, 5) is 8.10. The van der Waals surface area contributed by atoms with E-state index in [1.165, 1.54) is 0 Å². The SMILES string of the molecule is NNc1nccc(Nc2ccccc2I)n1. The molecule has 1 aromatic heterocycles. The van der Waals surface area contributed by atoms with Crippen molar-refractivity contribution >= 4 is 40.0 Å². The number of benzene rings is 1.